The van der Waals surface area contributed by atoms with Crippen molar-refractivity contribution in [1.82, 2.24) is 4.90 Å². The molecular formula is C15H21FN2OS. The third-order valence-electron chi connectivity index (χ3n) is 3.90. The minimum Gasteiger partial charge on any atom is -0.396 e. The van der Waals surface area contributed by atoms with Gasteiger partial charge in [0.05, 0.1) is 0 Å². The first-order chi connectivity index (χ1) is 9.61. The SMILES string of the molecule is NC(=S)c1ccc(F)c(CN(CCCO)C2CCC2)c1. The van der Waals surface area contributed by atoms with E-state index in [0.29, 0.717) is 30.1 Å². The van der Waals surface area contributed by atoms with E-state index >= 15 is 0 Å². The monoisotopic (exact) mass is 296 g/mol. The zero-order chi connectivity index (χ0) is 14.5. The first kappa shape index (κ1) is 15.4. The lowest BCUT2D eigenvalue weighted by Gasteiger charge is -2.37. The summed E-state index contributed by atoms with van der Waals surface area (Å²) in [5.41, 5.74) is 6.93. The minimum absolute atomic E-state index is 0.165. The summed E-state index contributed by atoms with van der Waals surface area (Å²) in [4.78, 5) is 2.54. The summed E-state index contributed by atoms with van der Waals surface area (Å²) in [6.45, 7) is 1.50. The molecule has 0 aliphatic heterocycles. The Hall–Kier alpha value is -1.04. The van der Waals surface area contributed by atoms with Crippen molar-refractivity contribution in [3.05, 3.63) is 35.1 Å². The number of aliphatic hydroxyl groups is 1. The first-order valence-electron chi connectivity index (χ1n) is 7.05. The topological polar surface area (TPSA) is 49.5 Å². The van der Waals surface area contributed by atoms with Crippen LogP contribution in [0.4, 0.5) is 4.39 Å². The van der Waals surface area contributed by atoms with Crippen LogP contribution in [0.25, 0.3) is 0 Å². The molecule has 1 aliphatic carbocycles. The van der Waals surface area contributed by atoms with Gasteiger partial charge >= 0.3 is 0 Å². The van der Waals surface area contributed by atoms with Crippen LogP contribution in [0.5, 0.6) is 0 Å². The van der Waals surface area contributed by atoms with Crippen molar-refractivity contribution in [2.75, 3.05) is 13.2 Å². The smallest absolute Gasteiger partial charge is 0.127 e. The number of hydrogen-bond donors (Lipinski definition) is 2. The van der Waals surface area contributed by atoms with Gasteiger partial charge in [-0.25, -0.2) is 4.39 Å². The Kier molecular flexibility index (Phi) is 5.46. The van der Waals surface area contributed by atoms with Gasteiger partial charge in [0.2, 0.25) is 0 Å². The molecule has 0 heterocycles. The minimum atomic E-state index is -0.224. The zero-order valence-corrected chi connectivity index (χ0v) is 12.3. The lowest BCUT2D eigenvalue weighted by atomic mass is 9.91. The molecule has 0 atom stereocenters. The maximum Gasteiger partial charge on any atom is 0.127 e. The van der Waals surface area contributed by atoms with Gasteiger partial charge in [0.1, 0.15) is 10.8 Å². The molecule has 1 aromatic carbocycles. The van der Waals surface area contributed by atoms with Crippen LogP contribution in [0, 0.1) is 5.82 Å². The van der Waals surface area contributed by atoms with Gasteiger partial charge in [-0.15, -0.1) is 0 Å². The van der Waals surface area contributed by atoms with Crippen LogP contribution in [0.15, 0.2) is 18.2 Å². The number of halogens is 1. The summed E-state index contributed by atoms with van der Waals surface area (Å²) < 4.78 is 13.9. The van der Waals surface area contributed by atoms with Crippen molar-refractivity contribution in [2.24, 2.45) is 5.73 Å². The lowest BCUT2D eigenvalue weighted by molar-refractivity contribution is 0.108. The average Bonchev–Trinajstić information content (AvgIpc) is 2.36. The van der Waals surface area contributed by atoms with E-state index in [9.17, 15) is 4.39 Å². The maximum atomic E-state index is 13.9. The fraction of sp³-hybridized carbons (Fsp3) is 0.533. The largest absolute Gasteiger partial charge is 0.396 e. The summed E-state index contributed by atoms with van der Waals surface area (Å²) in [7, 11) is 0. The van der Waals surface area contributed by atoms with Crippen LogP contribution in [0.2, 0.25) is 0 Å². The predicted molar refractivity (Wildman–Crippen MR) is 82.0 cm³/mol. The standard InChI is InChI=1S/C15H21FN2OS/c16-14-6-5-11(15(17)20)9-12(14)10-18(7-2-8-19)13-3-1-4-13/h5-6,9,13,19H,1-4,7-8,10H2,(H2,17,20). The van der Waals surface area contributed by atoms with Gasteiger partial charge < -0.3 is 10.8 Å². The highest BCUT2D eigenvalue weighted by molar-refractivity contribution is 7.80. The van der Waals surface area contributed by atoms with Crippen LogP contribution in [0.1, 0.15) is 36.8 Å². The van der Waals surface area contributed by atoms with Crippen molar-refractivity contribution in [3.8, 4) is 0 Å². The van der Waals surface area contributed by atoms with Crippen LogP contribution in [0.3, 0.4) is 0 Å². The molecule has 20 heavy (non-hydrogen) atoms. The normalized spacial score (nSPS) is 15.3. The van der Waals surface area contributed by atoms with Crippen molar-refractivity contribution in [2.45, 2.75) is 38.3 Å². The molecule has 0 aromatic heterocycles. The highest BCUT2D eigenvalue weighted by Crippen LogP contribution is 2.27. The lowest BCUT2D eigenvalue weighted by Crippen LogP contribution is -2.40. The van der Waals surface area contributed by atoms with E-state index in [1.807, 2.05) is 0 Å². The van der Waals surface area contributed by atoms with Crippen molar-refractivity contribution < 1.29 is 9.50 Å². The van der Waals surface area contributed by atoms with Crippen LogP contribution >= 0.6 is 12.2 Å². The van der Waals surface area contributed by atoms with E-state index in [2.05, 4.69) is 4.90 Å². The van der Waals surface area contributed by atoms with Gasteiger partial charge in [-0.05, 0) is 37.5 Å². The molecule has 0 saturated heterocycles. The molecule has 1 aliphatic rings. The van der Waals surface area contributed by atoms with Crippen LogP contribution < -0.4 is 5.73 Å². The number of hydrogen-bond acceptors (Lipinski definition) is 3. The molecule has 1 saturated carbocycles. The number of nitrogens with two attached hydrogens (primary N) is 1. The van der Waals surface area contributed by atoms with E-state index in [1.54, 1.807) is 12.1 Å². The second kappa shape index (κ2) is 7.11. The van der Waals surface area contributed by atoms with Gasteiger partial charge in [-0.2, -0.15) is 0 Å². The molecule has 110 valence electrons. The number of thiocarbonyl (C=S) groups is 1. The zero-order valence-electron chi connectivity index (χ0n) is 11.5. The number of benzene rings is 1. The summed E-state index contributed by atoms with van der Waals surface area (Å²) in [6.07, 6.45) is 4.26. The van der Waals surface area contributed by atoms with Gasteiger partial charge in [0.15, 0.2) is 0 Å². The molecule has 5 heteroatoms. The van der Waals surface area contributed by atoms with Gasteiger partial charge in [0, 0.05) is 36.9 Å². The fourth-order valence-electron chi connectivity index (χ4n) is 2.48. The Bertz CT molecular complexity index is 477. The van der Waals surface area contributed by atoms with E-state index in [0.717, 1.165) is 19.4 Å². The third-order valence-corrected chi connectivity index (χ3v) is 4.13. The summed E-state index contributed by atoms with van der Waals surface area (Å²) in [5, 5.41) is 8.99. The fourth-order valence-corrected chi connectivity index (χ4v) is 2.61. The van der Waals surface area contributed by atoms with E-state index < -0.39 is 0 Å². The first-order valence-corrected chi connectivity index (χ1v) is 7.45. The molecule has 0 bridgehead atoms. The summed E-state index contributed by atoms with van der Waals surface area (Å²) in [6, 6.07) is 5.29. The molecular weight excluding hydrogens is 275 g/mol. The highest BCUT2D eigenvalue weighted by Gasteiger charge is 2.25. The molecule has 3 nitrogen and oxygen atoms in total. The Morgan fingerprint density at radius 2 is 2.20 bits per heavy atom. The van der Waals surface area contributed by atoms with E-state index in [1.165, 1.54) is 12.5 Å². The molecule has 1 fully saturated rings. The Labute approximate surface area is 124 Å². The molecule has 3 N–H and O–H groups in total. The number of rotatable bonds is 7. The van der Waals surface area contributed by atoms with Crippen molar-refractivity contribution in [3.63, 3.8) is 0 Å². The highest BCUT2D eigenvalue weighted by atomic mass is 32.1. The summed E-state index contributed by atoms with van der Waals surface area (Å²) in [5.74, 6) is -0.224. The Balaban J connectivity index is 2.12. The Morgan fingerprint density at radius 1 is 1.45 bits per heavy atom. The number of aliphatic hydroxyl groups excluding tert-OH is 1. The molecule has 0 spiro atoms. The van der Waals surface area contributed by atoms with E-state index in [4.69, 9.17) is 23.1 Å². The molecule has 0 amide bonds. The van der Waals surface area contributed by atoms with E-state index in [-0.39, 0.29) is 17.4 Å². The number of nitrogens with zero attached hydrogens (tertiary/aromatic N) is 1. The van der Waals surface area contributed by atoms with Crippen molar-refractivity contribution >= 4 is 17.2 Å². The molecule has 2 rings (SSSR count). The molecule has 0 unspecified atom stereocenters. The second-order valence-electron chi connectivity index (χ2n) is 5.30. The Morgan fingerprint density at radius 3 is 2.75 bits per heavy atom. The van der Waals surface area contributed by atoms with Gasteiger partial charge in [-0.3, -0.25) is 4.90 Å². The van der Waals surface area contributed by atoms with Gasteiger partial charge in [0.25, 0.3) is 0 Å². The van der Waals surface area contributed by atoms with Crippen LogP contribution in [-0.2, 0) is 6.54 Å². The maximum absolute atomic E-state index is 13.9. The molecule has 0 radical (unpaired) electrons. The average molecular weight is 296 g/mol. The third kappa shape index (κ3) is 3.75. The predicted octanol–water partition coefficient (Wildman–Crippen LogP) is 2.20. The van der Waals surface area contributed by atoms with Crippen molar-refractivity contribution in [1.29, 1.82) is 0 Å². The molecule has 1 aromatic rings. The quantitative estimate of drug-likeness (QED) is 0.757. The second-order valence-corrected chi connectivity index (χ2v) is 5.74. The summed E-state index contributed by atoms with van der Waals surface area (Å²) >= 11 is 4.94. The van der Waals surface area contributed by atoms with Gasteiger partial charge in [-0.1, -0.05) is 18.6 Å². The van der Waals surface area contributed by atoms with Crippen LogP contribution in [-0.4, -0.2) is 34.2 Å².